The molecule has 1 amide bonds. The molecule has 2 saturated heterocycles. The van der Waals surface area contributed by atoms with Crippen LogP contribution in [-0.4, -0.2) is 70.8 Å². The molecule has 2 aliphatic heterocycles. The largest absolute Gasteiger partial charge is 0.490 e. The Kier molecular flexibility index (Phi) is 7.81. The Morgan fingerprint density at radius 2 is 1.68 bits per heavy atom. The minimum atomic E-state index is -0.578. The third-order valence-corrected chi connectivity index (χ3v) is 8.70. The number of piperidine rings is 1. The van der Waals surface area contributed by atoms with Gasteiger partial charge in [-0.25, -0.2) is 0 Å². The maximum atomic E-state index is 13.3. The van der Waals surface area contributed by atoms with Crippen molar-refractivity contribution in [2.45, 2.75) is 57.6 Å². The second-order valence-corrected chi connectivity index (χ2v) is 11.8. The maximum Gasteiger partial charge on any atom is 0.270 e. The lowest BCUT2D eigenvalue weighted by atomic mass is 9.88. The van der Waals surface area contributed by atoms with Crippen molar-refractivity contribution in [2.75, 3.05) is 39.3 Å². The Hall–Kier alpha value is -3.35. The van der Waals surface area contributed by atoms with Crippen molar-refractivity contribution in [2.24, 2.45) is 0 Å². The van der Waals surface area contributed by atoms with Gasteiger partial charge in [0.2, 0.25) is 0 Å². The van der Waals surface area contributed by atoms with Gasteiger partial charge in [-0.05, 0) is 93.1 Å². The summed E-state index contributed by atoms with van der Waals surface area (Å²) in [6.07, 6.45) is 3.76. The molecule has 210 valence electrons. The van der Waals surface area contributed by atoms with Crippen molar-refractivity contribution in [3.8, 4) is 5.75 Å². The number of amides is 1. The number of aliphatic hydroxyl groups excluding tert-OH is 1. The van der Waals surface area contributed by atoms with Crippen LogP contribution in [0.5, 0.6) is 5.75 Å². The number of likely N-dealkylation sites (tertiary alicyclic amines) is 2. The number of carbonyl (C=O) groups excluding carboxylic acids is 1. The number of aromatic nitrogens is 1. The van der Waals surface area contributed by atoms with Crippen LogP contribution in [0.1, 0.15) is 67.5 Å². The summed E-state index contributed by atoms with van der Waals surface area (Å²) in [5.74, 6) is 1.39. The quantitative estimate of drug-likeness (QED) is 0.288. The van der Waals surface area contributed by atoms with Crippen LogP contribution in [0, 0.1) is 0 Å². The highest BCUT2D eigenvalue weighted by molar-refractivity contribution is 6.00. The van der Waals surface area contributed by atoms with Crippen molar-refractivity contribution >= 4 is 27.6 Å². The van der Waals surface area contributed by atoms with Crippen LogP contribution in [0.2, 0.25) is 0 Å². The summed E-state index contributed by atoms with van der Waals surface area (Å²) in [6, 6.07) is 23.5. The zero-order chi connectivity index (χ0) is 27.6. The predicted molar refractivity (Wildman–Crippen MR) is 161 cm³/mol. The summed E-state index contributed by atoms with van der Waals surface area (Å²) >= 11 is 0. The molecule has 1 N–H and O–H groups in total. The molecule has 1 unspecified atom stereocenters. The number of aliphatic hydroxyl groups is 1. The molecule has 3 heterocycles. The van der Waals surface area contributed by atoms with Crippen molar-refractivity contribution in [3.05, 3.63) is 78.0 Å². The van der Waals surface area contributed by atoms with Crippen LogP contribution < -0.4 is 4.74 Å². The number of hydrogen-bond acceptors (Lipinski definition) is 4. The number of β-amino-alcohol motifs (C(OH)–C–C–N with tert-alkyl or cyclic N) is 1. The molecule has 40 heavy (non-hydrogen) atoms. The molecule has 2 aliphatic rings. The highest BCUT2D eigenvalue weighted by atomic mass is 16.5. The molecule has 0 bridgehead atoms. The van der Waals surface area contributed by atoms with E-state index in [4.69, 9.17) is 4.74 Å². The number of nitrogens with zero attached hydrogens (tertiary/aromatic N) is 3. The molecule has 0 spiro atoms. The van der Waals surface area contributed by atoms with E-state index >= 15 is 0 Å². The molecule has 6 heteroatoms. The van der Waals surface area contributed by atoms with Gasteiger partial charge in [0, 0.05) is 31.1 Å². The molecule has 1 atom stereocenters. The molecular formula is C34H41N3O3. The third kappa shape index (κ3) is 5.48. The summed E-state index contributed by atoms with van der Waals surface area (Å²) in [5, 5.41) is 14.4. The van der Waals surface area contributed by atoms with Crippen LogP contribution in [0.25, 0.3) is 21.7 Å². The first kappa shape index (κ1) is 26.9. The molecule has 0 saturated carbocycles. The average molecular weight is 540 g/mol. The van der Waals surface area contributed by atoms with E-state index in [2.05, 4.69) is 71.8 Å². The highest BCUT2D eigenvalue weighted by Crippen LogP contribution is 2.33. The van der Waals surface area contributed by atoms with Gasteiger partial charge in [0.15, 0.2) is 0 Å². The lowest BCUT2D eigenvalue weighted by molar-refractivity contribution is 0.0599. The number of carbonyl (C=O) groups is 1. The fraction of sp³-hybridized carbons (Fsp3) is 0.441. The first-order chi connectivity index (χ1) is 19.5. The van der Waals surface area contributed by atoms with E-state index in [-0.39, 0.29) is 18.6 Å². The number of ether oxygens (including phenoxy) is 1. The topological polar surface area (TPSA) is 57.9 Å². The summed E-state index contributed by atoms with van der Waals surface area (Å²) in [4.78, 5) is 17.6. The third-order valence-electron chi connectivity index (χ3n) is 8.70. The molecule has 3 aromatic carbocycles. The van der Waals surface area contributed by atoms with E-state index in [0.29, 0.717) is 12.5 Å². The SMILES string of the molecule is CC(C)n1c(C(=O)N2CCCC2)cc2c(OCC(O)CN3CCC(c4ccc5ccccc5c4)CC3)cccc21. The first-order valence-corrected chi connectivity index (χ1v) is 14.9. The van der Waals surface area contributed by atoms with Crippen LogP contribution in [0.4, 0.5) is 0 Å². The van der Waals surface area contributed by atoms with E-state index in [1.807, 2.05) is 23.1 Å². The number of hydrogen-bond donors (Lipinski definition) is 1. The molecule has 6 nitrogen and oxygen atoms in total. The summed E-state index contributed by atoms with van der Waals surface area (Å²) in [6.45, 7) is 8.66. The highest BCUT2D eigenvalue weighted by Gasteiger charge is 2.26. The second kappa shape index (κ2) is 11.6. The summed E-state index contributed by atoms with van der Waals surface area (Å²) < 4.78 is 8.32. The Bertz CT molecular complexity index is 1480. The number of benzene rings is 3. The molecule has 2 fully saturated rings. The monoisotopic (exact) mass is 539 g/mol. The molecular weight excluding hydrogens is 498 g/mol. The Balaban J connectivity index is 1.07. The van der Waals surface area contributed by atoms with Gasteiger partial charge < -0.3 is 24.2 Å². The zero-order valence-corrected chi connectivity index (χ0v) is 23.8. The summed E-state index contributed by atoms with van der Waals surface area (Å²) in [5.41, 5.74) is 3.14. The van der Waals surface area contributed by atoms with Gasteiger partial charge in [-0.2, -0.15) is 0 Å². The minimum absolute atomic E-state index is 0.0977. The van der Waals surface area contributed by atoms with Gasteiger partial charge in [-0.3, -0.25) is 4.79 Å². The van der Waals surface area contributed by atoms with E-state index in [9.17, 15) is 9.90 Å². The summed E-state index contributed by atoms with van der Waals surface area (Å²) in [7, 11) is 0. The average Bonchev–Trinajstić information content (AvgIpc) is 3.65. The first-order valence-electron chi connectivity index (χ1n) is 14.9. The lowest BCUT2D eigenvalue weighted by Gasteiger charge is -2.33. The fourth-order valence-electron chi connectivity index (χ4n) is 6.60. The van der Waals surface area contributed by atoms with Gasteiger partial charge in [-0.15, -0.1) is 0 Å². The van der Waals surface area contributed by atoms with Crippen LogP contribution in [0.3, 0.4) is 0 Å². The molecule has 6 rings (SSSR count). The van der Waals surface area contributed by atoms with E-state index in [1.165, 1.54) is 16.3 Å². The second-order valence-electron chi connectivity index (χ2n) is 11.8. The Morgan fingerprint density at radius 1 is 0.925 bits per heavy atom. The zero-order valence-electron chi connectivity index (χ0n) is 23.8. The van der Waals surface area contributed by atoms with E-state index in [0.717, 1.165) is 74.2 Å². The molecule has 1 aromatic heterocycles. The van der Waals surface area contributed by atoms with Crippen molar-refractivity contribution in [1.29, 1.82) is 0 Å². The van der Waals surface area contributed by atoms with E-state index in [1.54, 1.807) is 0 Å². The van der Waals surface area contributed by atoms with Gasteiger partial charge in [-0.1, -0.05) is 48.5 Å². The Morgan fingerprint density at radius 3 is 2.42 bits per heavy atom. The smallest absolute Gasteiger partial charge is 0.270 e. The van der Waals surface area contributed by atoms with Gasteiger partial charge in [0.25, 0.3) is 5.91 Å². The number of rotatable bonds is 8. The number of fused-ring (bicyclic) bond motifs is 2. The van der Waals surface area contributed by atoms with Crippen molar-refractivity contribution < 1.29 is 14.6 Å². The van der Waals surface area contributed by atoms with Gasteiger partial charge in [0.05, 0.1) is 5.52 Å². The normalized spacial score (nSPS) is 17.8. The van der Waals surface area contributed by atoms with Crippen LogP contribution in [0.15, 0.2) is 66.7 Å². The minimum Gasteiger partial charge on any atom is -0.490 e. The molecule has 4 aromatic rings. The van der Waals surface area contributed by atoms with Gasteiger partial charge in [0.1, 0.15) is 24.2 Å². The fourth-order valence-corrected chi connectivity index (χ4v) is 6.60. The maximum absolute atomic E-state index is 13.3. The van der Waals surface area contributed by atoms with Crippen LogP contribution in [-0.2, 0) is 0 Å². The molecule has 0 aliphatic carbocycles. The lowest BCUT2D eigenvalue weighted by Crippen LogP contribution is -2.40. The Labute approximate surface area is 237 Å². The van der Waals surface area contributed by atoms with Crippen molar-refractivity contribution in [1.82, 2.24) is 14.4 Å². The van der Waals surface area contributed by atoms with E-state index < -0.39 is 6.10 Å². The van der Waals surface area contributed by atoms with Crippen LogP contribution >= 0.6 is 0 Å². The standard InChI is InChI=1S/C34H41N3O3/c1-24(2)37-31-10-7-11-33(30(31)21-32(37)34(39)36-16-5-6-17-36)40-23-29(38)22-35-18-14-26(15-19-35)28-13-12-25-8-3-4-9-27(25)20-28/h3-4,7-13,20-21,24,26,29,38H,5-6,14-19,22-23H2,1-2H3. The predicted octanol–water partition coefficient (Wildman–Crippen LogP) is 6.23. The molecule has 0 radical (unpaired) electrons. The van der Waals surface area contributed by atoms with Crippen molar-refractivity contribution in [3.63, 3.8) is 0 Å². The van der Waals surface area contributed by atoms with Gasteiger partial charge >= 0.3 is 0 Å².